The molecule has 6 nitrogen and oxygen atoms in total. The maximum atomic E-state index is 4.38. The van der Waals surface area contributed by atoms with Crippen molar-refractivity contribution in [3.8, 4) is 11.5 Å². The lowest BCUT2D eigenvalue weighted by Gasteiger charge is -1.97. The molecule has 0 saturated heterocycles. The average molecular weight is 202 g/mol. The van der Waals surface area contributed by atoms with Gasteiger partial charge in [0.05, 0.1) is 5.69 Å². The second-order valence-corrected chi connectivity index (χ2v) is 4.45. The van der Waals surface area contributed by atoms with Crippen molar-refractivity contribution in [2.75, 3.05) is 0 Å². The zero-order valence-electron chi connectivity index (χ0n) is 8.23. The van der Waals surface area contributed by atoms with E-state index in [0.29, 0.717) is 11.7 Å². The topological polar surface area (TPSA) is 83.1 Å². The molecule has 4 rings (SSSR count). The fraction of sp³-hybridized carbons (Fsp3) is 0.556. The summed E-state index contributed by atoms with van der Waals surface area (Å²) in [4.78, 5) is 0. The molecule has 6 heteroatoms. The summed E-state index contributed by atoms with van der Waals surface area (Å²) in [5, 5.41) is 21.4. The minimum Gasteiger partial charge on any atom is -0.274 e. The third-order valence-corrected chi connectivity index (χ3v) is 3.79. The van der Waals surface area contributed by atoms with Gasteiger partial charge in [0.2, 0.25) is 5.82 Å². The van der Waals surface area contributed by atoms with Gasteiger partial charge < -0.3 is 0 Å². The summed E-state index contributed by atoms with van der Waals surface area (Å²) >= 11 is 0. The van der Waals surface area contributed by atoms with E-state index in [0.717, 1.165) is 24.0 Å². The van der Waals surface area contributed by atoms with Crippen LogP contribution in [0.3, 0.4) is 0 Å². The van der Waals surface area contributed by atoms with Crippen molar-refractivity contribution in [1.29, 1.82) is 0 Å². The number of aromatic nitrogens is 6. The predicted molar refractivity (Wildman–Crippen MR) is 50.9 cm³/mol. The Balaban J connectivity index is 1.85. The molecule has 0 unspecified atom stereocenters. The molecule has 2 aliphatic rings. The number of hydrogen-bond donors (Lipinski definition) is 2. The fourth-order valence-corrected chi connectivity index (χ4v) is 2.86. The molecule has 0 radical (unpaired) electrons. The molecule has 2 N–H and O–H groups in total. The van der Waals surface area contributed by atoms with Gasteiger partial charge in [0.25, 0.3) is 0 Å². The van der Waals surface area contributed by atoms with Crippen LogP contribution in [0.4, 0.5) is 0 Å². The van der Waals surface area contributed by atoms with Crippen molar-refractivity contribution < 1.29 is 0 Å². The number of aromatic amines is 2. The van der Waals surface area contributed by atoms with Gasteiger partial charge in [-0.2, -0.15) is 10.3 Å². The van der Waals surface area contributed by atoms with Crippen LogP contribution in [-0.2, 0) is 6.42 Å². The van der Waals surface area contributed by atoms with Crippen LogP contribution in [-0.4, -0.2) is 30.8 Å². The second-order valence-electron chi connectivity index (χ2n) is 4.45. The Kier molecular flexibility index (Phi) is 1.14. The Morgan fingerprint density at radius 2 is 2.27 bits per heavy atom. The van der Waals surface area contributed by atoms with Gasteiger partial charge in [0, 0.05) is 11.5 Å². The largest absolute Gasteiger partial charge is 0.274 e. The quantitative estimate of drug-likeness (QED) is 0.705. The first-order valence-corrected chi connectivity index (χ1v) is 5.17. The van der Waals surface area contributed by atoms with E-state index in [2.05, 4.69) is 37.7 Å². The van der Waals surface area contributed by atoms with Crippen molar-refractivity contribution in [1.82, 2.24) is 30.8 Å². The zero-order chi connectivity index (χ0) is 9.99. The highest BCUT2D eigenvalue weighted by molar-refractivity contribution is 5.59. The summed E-state index contributed by atoms with van der Waals surface area (Å²) in [5.74, 6) is 2.91. The fourth-order valence-electron chi connectivity index (χ4n) is 2.86. The standard InChI is InChI=1S/C9H10N6/c1-3-4-2-5-7(6(3)4)10-11-8(5)9-12-14-15-13-9/h3-4,6H,2H2,1H3,(H,10,11)(H,12,13,14,15)/t3-,4+,6-/m1/s1. The minimum absolute atomic E-state index is 0.623. The van der Waals surface area contributed by atoms with E-state index < -0.39 is 0 Å². The molecular weight excluding hydrogens is 192 g/mol. The van der Waals surface area contributed by atoms with E-state index in [-0.39, 0.29) is 0 Å². The molecule has 1 saturated carbocycles. The first kappa shape index (κ1) is 7.56. The number of nitrogens with one attached hydrogen (secondary N) is 2. The van der Waals surface area contributed by atoms with Gasteiger partial charge in [-0.3, -0.25) is 5.10 Å². The molecule has 2 aromatic heterocycles. The van der Waals surface area contributed by atoms with Crippen molar-refractivity contribution in [3.63, 3.8) is 0 Å². The highest BCUT2D eigenvalue weighted by atomic mass is 15.5. The van der Waals surface area contributed by atoms with Crippen LogP contribution in [0.5, 0.6) is 0 Å². The first-order chi connectivity index (χ1) is 7.36. The van der Waals surface area contributed by atoms with Crippen molar-refractivity contribution in [2.45, 2.75) is 19.3 Å². The van der Waals surface area contributed by atoms with Crippen LogP contribution < -0.4 is 0 Å². The van der Waals surface area contributed by atoms with Crippen molar-refractivity contribution >= 4 is 0 Å². The van der Waals surface area contributed by atoms with Crippen LogP contribution in [0.15, 0.2) is 0 Å². The van der Waals surface area contributed by atoms with Gasteiger partial charge in [-0.25, -0.2) is 0 Å². The smallest absolute Gasteiger partial charge is 0.222 e. The summed E-state index contributed by atoms with van der Waals surface area (Å²) in [6, 6.07) is 0. The highest BCUT2D eigenvalue weighted by Gasteiger charge is 2.55. The normalized spacial score (nSPS) is 31.4. The molecule has 15 heavy (non-hydrogen) atoms. The lowest BCUT2D eigenvalue weighted by atomic mass is 10.1. The van der Waals surface area contributed by atoms with Gasteiger partial charge in [0.1, 0.15) is 5.69 Å². The third kappa shape index (κ3) is 0.800. The van der Waals surface area contributed by atoms with E-state index in [1.54, 1.807) is 0 Å². The molecule has 76 valence electrons. The molecule has 0 bridgehead atoms. The number of tetrazole rings is 1. The lowest BCUT2D eigenvalue weighted by Crippen LogP contribution is -1.91. The van der Waals surface area contributed by atoms with Gasteiger partial charge in [-0.15, -0.1) is 10.2 Å². The molecule has 1 fully saturated rings. The number of fused-ring (bicyclic) bond motifs is 3. The molecule has 0 amide bonds. The Hall–Kier alpha value is -1.72. The summed E-state index contributed by atoms with van der Waals surface area (Å²) < 4.78 is 0. The molecule has 2 aromatic rings. The van der Waals surface area contributed by atoms with E-state index in [1.165, 1.54) is 11.3 Å². The van der Waals surface area contributed by atoms with Crippen molar-refractivity contribution in [2.24, 2.45) is 11.8 Å². The number of nitrogens with zero attached hydrogens (tertiary/aromatic N) is 4. The van der Waals surface area contributed by atoms with E-state index in [9.17, 15) is 0 Å². The molecule has 0 aliphatic heterocycles. The predicted octanol–water partition coefficient (Wildman–Crippen LogP) is 0.495. The summed E-state index contributed by atoms with van der Waals surface area (Å²) in [6.07, 6.45) is 1.11. The van der Waals surface area contributed by atoms with Gasteiger partial charge in [-0.05, 0) is 23.5 Å². The highest BCUT2D eigenvalue weighted by Crippen LogP contribution is 2.61. The maximum absolute atomic E-state index is 4.38. The van der Waals surface area contributed by atoms with Crippen LogP contribution in [0.25, 0.3) is 11.5 Å². The summed E-state index contributed by atoms with van der Waals surface area (Å²) in [6.45, 7) is 2.29. The molecule has 3 atom stereocenters. The second kappa shape index (κ2) is 2.26. The van der Waals surface area contributed by atoms with E-state index in [1.807, 2.05) is 0 Å². The Morgan fingerprint density at radius 1 is 1.33 bits per heavy atom. The van der Waals surface area contributed by atoms with Crippen LogP contribution in [0.1, 0.15) is 24.1 Å². The maximum Gasteiger partial charge on any atom is 0.222 e. The molecule has 2 aliphatic carbocycles. The van der Waals surface area contributed by atoms with Crippen LogP contribution in [0, 0.1) is 11.8 Å². The SMILES string of the molecule is C[C@@H]1[C@@H]2Cc3c(n[nH]c3-c3nn[nH]n3)[C@H]12. The van der Waals surface area contributed by atoms with E-state index in [4.69, 9.17) is 0 Å². The molecule has 2 heterocycles. The number of hydrogen-bond acceptors (Lipinski definition) is 4. The minimum atomic E-state index is 0.623. The monoisotopic (exact) mass is 202 g/mol. The summed E-state index contributed by atoms with van der Waals surface area (Å²) in [7, 11) is 0. The van der Waals surface area contributed by atoms with Crippen LogP contribution in [0.2, 0.25) is 0 Å². The Labute approximate surface area is 85.5 Å². The molecule has 0 aromatic carbocycles. The van der Waals surface area contributed by atoms with Crippen LogP contribution >= 0.6 is 0 Å². The lowest BCUT2D eigenvalue weighted by molar-refractivity contribution is 0.753. The summed E-state index contributed by atoms with van der Waals surface area (Å²) in [5.41, 5.74) is 3.47. The zero-order valence-corrected chi connectivity index (χ0v) is 8.23. The Bertz CT molecular complexity index is 513. The van der Waals surface area contributed by atoms with Gasteiger partial charge in [0.15, 0.2) is 0 Å². The molecular formula is C9H10N6. The van der Waals surface area contributed by atoms with E-state index >= 15 is 0 Å². The third-order valence-electron chi connectivity index (χ3n) is 3.79. The van der Waals surface area contributed by atoms with Gasteiger partial charge >= 0.3 is 0 Å². The number of H-pyrrole nitrogens is 2. The average Bonchev–Trinajstić information content (AvgIpc) is 2.76. The van der Waals surface area contributed by atoms with Gasteiger partial charge in [-0.1, -0.05) is 6.92 Å². The first-order valence-electron chi connectivity index (χ1n) is 5.17. The molecule has 0 spiro atoms. The van der Waals surface area contributed by atoms with Crippen molar-refractivity contribution in [3.05, 3.63) is 11.3 Å². The number of rotatable bonds is 1. The Morgan fingerprint density at radius 3 is 3.07 bits per heavy atom.